The molecule has 0 saturated carbocycles. The topological polar surface area (TPSA) is 37.8 Å². The van der Waals surface area contributed by atoms with Gasteiger partial charge in [0.1, 0.15) is 11.6 Å². The lowest BCUT2D eigenvalue weighted by molar-refractivity contribution is 0.586. The van der Waals surface area contributed by atoms with Crippen molar-refractivity contribution in [3.05, 3.63) is 53.4 Å². The molecule has 2 aromatic rings. The van der Waals surface area contributed by atoms with Crippen molar-refractivity contribution in [3.8, 4) is 0 Å². The minimum atomic E-state index is -0.432. The lowest BCUT2D eigenvalue weighted by atomic mass is 10.1. The lowest BCUT2D eigenvalue weighted by Crippen LogP contribution is -2.09. The van der Waals surface area contributed by atoms with Gasteiger partial charge in [0.05, 0.1) is 0 Å². The number of benzene rings is 1. The molecule has 1 N–H and O–H groups in total. The third-order valence-electron chi connectivity index (χ3n) is 2.47. The fourth-order valence-corrected chi connectivity index (χ4v) is 1.53. The van der Waals surface area contributed by atoms with Crippen LogP contribution in [-0.4, -0.2) is 16.5 Å². The van der Waals surface area contributed by atoms with E-state index in [1.54, 1.807) is 12.4 Å². The summed E-state index contributed by atoms with van der Waals surface area (Å²) in [4.78, 5) is 8.12. The van der Waals surface area contributed by atoms with Gasteiger partial charge in [0.2, 0.25) is 5.95 Å². The molecule has 0 fully saturated rings. The molecule has 1 aromatic heterocycles. The largest absolute Gasteiger partial charge is 0.354 e. The Morgan fingerprint density at radius 1 is 1.17 bits per heavy atom. The molecule has 0 saturated heterocycles. The summed E-state index contributed by atoms with van der Waals surface area (Å²) in [6.45, 7) is 2.34. The molecule has 0 aliphatic rings. The molecule has 5 heteroatoms. The number of nitrogens with one attached hydrogen (secondary N) is 1. The maximum Gasteiger partial charge on any atom is 0.222 e. The Morgan fingerprint density at radius 2 is 1.89 bits per heavy atom. The van der Waals surface area contributed by atoms with Gasteiger partial charge in [-0.25, -0.2) is 18.7 Å². The summed E-state index contributed by atoms with van der Waals surface area (Å²) in [5, 5.41) is 2.96. The Bertz CT molecular complexity index is 526. The van der Waals surface area contributed by atoms with E-state index < -0.39 is 11.6 Å². The molecular weight excluding hydrogens is 236 g/mol. The van der Waals surface area contributed by atoms with Gasteiger partial charge < -0.3 is 5.32 Å². The standard InChI is InChI=1S/C13H13F2N3/c1-9-7-17-13(18-8-9)16-5-4-10-6-11(14)2-3-12(10)15/h2-3,6-8H,4-5H2,1H3,(H,16,17,18). The van der Waals surface area contributed by atoms with Crippen LogP contribution in [0.2, 0.25) is 0 Å². The summed E-state index contributed by atoms with van der Waals surface area (Å²) in [5.41, 5.74) is 1.31. The number of aryl methyl sites for hydroxylation is 1. The summed E-state index contributed by atoms with van der Waals surface area (Å²) < 4.78 is 26.3. The van der Waals surface area contributed by atoms with Crippen LogP contribution in [0.3, 0.4) is 0 Å². The van der Waals surface area contributed by atoms with E-state index in [0.29, 0.717) is 24.5 Å². The van der Waals surface area contributed by atoms with Gasteiger partial charge in [-0.3, -0.25) is 0 Å². The van der Waals surface area contributed by atoms with E-state index >= 15 is 0 Å². The SMILES string of the molecule is Cc1cnc(NCCc2cc(F)ccc2F)nc1. The zero-order valence-electron chi connectivity index (χ0n) is 9.95. The number of halogens is 2. The Labute approximate surface area is 104 Å². The van der Waals surface area contributed by atoms with E-state index in [1.807, 2.05) is 6.92 Å². The number of rotatable bonds is 4. The molecule has 0 aliphatic carbocycles. The van der Waals surface area contributed by atoms with Gasteiger partial charge in [0.15, 0.2) is 0 Å². The van der Waals surface area contributed by atoms with Gasteiger partial charge in [0.25, 0.3) is 0 Å². The average Bonchev–Trinajstić information content (AvgIpc) is 2.36. The summed E-state index contributed by atoms with van der Waals surface area (Å²) >= 11 is 0. The first-order valence-corrected chi connectivity index (χ1v) is 5.61. The van der Waals surface area contributed by atoms with Crippen molar-refractivity contribution >= 4 is 5.95 Å². The Hall–Kier alpha value is -2.04. The molecule has 0 aliphatic heterocycles. The summed E-state index contributed by atoms with van der Waals surface area (Å²) in [6, 6.07) is 3.44. The first kappa shape index (κ1) is 12.4. The fourth-order valence-electron chi connectivity index (χ4n) is 1.53. The van der Waals surface area contributed by atoms with E-state index in [2.05, 4.69) is 15.3 Å². The number of hydrogen-bond acceptors (Lipinski definition) is 3. The lowest BCUT2D eigenvalue weighted by Gasteiger charge is -2.06. The van der Waals surface area contributed by atoms with Crippen molar-refractivity contribution in [1.82, 2.24) is 9.97 Å². The van der Waals surface area contributed by atoms with Crippen LogP contribution in [0.25, 0.3) is 0 Å². The Kier molecular flexibility index (Phi) is 3.82. The van der Waals surface area contributed by atoms with Crippen molar-refractivity contribution in [2.75, 3.05) is 11.9 Å². The van der Waals surface area contributed by atoms with Gasteiger partial charge in [-0.15, -0.1) is 0 Å². The van der Waals surface area contributed by atoms with Crippen molar-refractivity contribution in [3.63, 3.8) is 0 Å². The number of anilines is 1. The second kappa shape index (κ2) is 5.53. The highest BCUT2D eigenvalue weighted by Gasteiger charge is 2.03. The van der Waals surface area contributed by atoms with Gasteiger partial charge >= 0.3 is 0 Å². The van der Waals surface area contributed by atoms with Gasteiger partial charge in [0, 0.05) is 18.9 Å². The molecule has 0 unspecified atom stereocenters. The van der Waals surface area contributed by atoms with E-state index in [-0.39, 0.29) is 0 Å². The second-order valence-corrected chi connectivity index (χ2v) is 4.00. The maximum atomic E-state index is 13.3. The van der Waals surface area contributed by atoms with Crippen LogP contribution >= 0.6 is 0 Å². The van der Waals surface area contributed by atoms with Crippen LogP contribution in [0.4, 0.5) is 14.7 Å². The van der Waals surface area contributed by atoms with Crippen LogP contribution in [0, 0.1) is 18.6 Å². The fraction of sp³-hybridized carbons (Fsp3) is 0.231. The zero-order chi connectivity index (χ0) is 13.0. The van der Waals surface area contributed by atoms with E-state index in [1.165, 1.54) is 6.07 Å². The Balaban J connectivity index is 1.92. The smallest absolute Gasteiger partial charge is 0.222 e. The predicted octanol–water partition coefficient (Wildman–Crippen LogP) is 2.72. The van der Waals surface area contributed by atoms with Gasteiger partial charge in [-0.1, -0.05) is 0 Å². The monoisotopic (exact) mass is 249 g/mol. The molecular formula is C13H13F2N3. The first-order chi connectivity index (χ1) is 8.65. The second-order valence-electron chi connectivity index (χ2n) is 4.00. The molecule has 0 spiro atoms. The van der Waals surface area contributed by atoms with Crippen molar-refractivity contribution in [2.45, 2.75) is 13.3 Å². The molecule has 1 heterocycles. The highest BCUT2D eigenvalue weighted by molar-refractivity contribution is 5.26. The molecule has 0 radical (unpaired) electrons. The predicted molar refractivity (Wildman–Crippen MR) is 65.3 cm³/mol. The maximum absolute atomic E-state index is 13.3. The molecule has 18 heavy (non-hydrogen) atoms. The number of nitrogens with zero attached hydrogens (tertiary/aromatic N) is 2. The minimum absolute atomic E-state index is 0.342. The summed E-state index contributed by atoms with van der Waals surface area (Å²) in [6.07, 6.45) is 3.76. The van der Waals surface area contributed by atoms with Crippen LogP contribution in [0.15, 0.2) is 30.6 Å². The molecule has 0 atom stereocenters. The highest BCUT2D eigenvalue weighted by atomic mass is 19.1. The molecule has 0 bridgehead atoms. The molecule has 94 valence electrons. The quantitative estimate of drug-likeness (QED) is 0.905. The highest BCUT2D eigenvalue weighted by Crippen LogP contribution is 2.10. The van der Waals surface area contributed by atoms with Gasteiger partial charge in [-0.2, -0.15) is 0 Å². The van der Waals surface area contributed by atoms with Crippen LogP contribution < -0.4 is 5.32 Å². The van der Waals surface area contributed by atoms with E-state index in [4.69, 9.17) is 0 Å². The van der Waals surface area contributed by atoms with Crippen LogP contribution in [0.1, 0.15) is 11.1 Å². The first-order valence-electron chi connectivity index (χ1n) is 5.61. The molecule has 2 rings (SSSR count). The summed E-state index contributed by atoms with van der Waals surface area (Å²) in [5.74, 6) is -0.349. The van der Waals surface area contributed by atoms with E-state index in [9.17, 15) is 8.78 Å². The normalized spacial score (nSPS) is 10.4. The summed E-state index contributed by atoms with van der Waals surface area (Å²) in [7, 11) is 0. The van der Waals surface area contributed by atoms with Crippen LogP contribution in [-0.2, 0) is 6.42 Å². The zero-order valence-corrected chi connectivity index (χ0v) is 9.95. The minimum Gasteiger partial charge on any atom is -0.354 e. The van der Waals surface area contributed by atoms with Crippen molar-refractivity contribution < 1.29 is 8.78 Å². The average molecular weight is 249 g/mol. The number of hydrogen-bond donors (Lipinski definition) is 1. The molecule has 3 nitrogen and oxygen atoms in total. The Morgan fingerprint density at radius 3 is 2.61 bits per heavy atom. The van der Waals surface area contributed by atoms with Gasteiger partial charge in [-0.05, 0) is 42.7 Å². The third-order valence-corrected chi connectivity index (χ3v) is 2.47. The molecule has 1 aromatic carbocycles. The van der Waals surface area contributed by atoms with Crippen molar-refractivity contribution in [2.24, 2.45) is 0 Å². The van der Waals surface area contributed by atoms with E-state index in [0.717, 1.165) is 17.7 Å². The molecule has 0 amide bonds. The van der Waals surface area contributed by atoms with Crippen molar-refractivity contribution in [1.29, 1.82) is 0 Å². The number of aromatic nitrogens is 2. The third kappa shape index (κ3) is 3.23. The van der Waals surface area contributed by atoms with Crippen LogP contribution in [0.5, 0.6) is 0 Å².